The van der Waals surface area contributed by atoms with Gasteiger partial charge < -0.3 is 14.4 Å². The average molecular weight is 568 g/mol. The van der Waals surface area contributed by atoms with E-state index < -0.39 is 12.0 Å². The van der Waals surface area contributed by atoms with Crippen LogP contribution >= 0.6 is 11.3 Å². The second-order valence-electron chi connectivity index (χ2n) is 9.47. The van der Waals surface area contributed by atoms with Gasteiger partial charge in [-0.15, -0.1) is 0 Å². The summed E-state index contributed by atoms with van der Waals surface area (Å²) in [6, 6.07) is 24.4. The summed E-state index contributed by atoms with van der Waals surface area (Å²) in [5.74, 6) is 0.114. The number of thiazole rings is 1. The number of anilines is 1. The lowest BCUT2D eigenvalue weighted by atomic mass is 9.93. The van der Waals surface area contributed by atoms with Gasteiger partial charge in [-0.1, -0.05) is 65.9 Å². The van der Waals surface area contributed by atoms with Crippen LogP contribution in [0.2, 0.25) is 0 Å². The predicted octanol–water partition coefficient (Wildman–Crippen LogP) is 4.79. The Hall–Kier alpha value is -4.43. The number of hydrogen-bond acceptors (Lipinski definition) is 7. The molecule has 0 spiro atoms. The second-order valence-corrected chi connectivity index (χ2v) is 10.5. The largest absolute Gasteiger partial charge is 0.497 e. The van der Waals surface area contributed by atoms with Crippen molar-refractivity contribution < 1.29 is 14.3 Å². The molecule has 0 saturated heterocycles. The van der Waals surface area contributed by atoms with E-state index in [0.29, 0.717) is 26.4 Å². The minimum absolute atomic E-state index is 0.198. The van der Waals surface area contributed by atoms with E-state index in [1.54, 1.807) is 18.6 Å². The van der Waals surface area contributed by atoms with Gasteiger partial charge in [-0.2, -0.15) is 0 Å². The molecule has 41 heavy (non-hydrogen) atoms. The number of esters is 1. The van der Waals surface area contributed by atoms with Gasteiger partial charge in [0.25, 0.3) is 5.56 Å². The molecule has 210 valence electrons. The summed E-state index contributed by atoms with van der Waals surface area (Å²) in [7, 11) is 1.59. The van der Waals surface area contributed by atoms with Crippen molar-refractivity contribution in [3.05, 3.63) is 121 Å². The predicted molar refractivity (Wildman–Crippen MR) is 164 cm³/mol. The van der Waals surface area contributed by atoms with Gasteiger partial charge in [0, 0.05) is 24.3 Å². The highest BCUT2D eigenvalue weighted by atomic mass is 32.1. The molecule has 8 heteroatoms. The molecule has 1 aromatic heterocycles. The highest BCUT2D eigenvalue weighted by molar-refractivity contribution is 7.07. The average Bonchev–Trinajstić information content (AvgIpc) is 3.32. The Labute approximate surface area is 243 Å². The molecule has 0 saturated carbocycles. The lowest BCUT2D eigenvalue weighted by Gasteiger charge is -2.26. The van der Waals surface area contributed by atoms with Crippen molar-refractivity contribution >= 4 is 34.8 Å². The summed E-state index contributed by atoms with van der Waals surface area (Å²) < 4.78 is 13.2. The normalized spacial score (nSPS) is 14.8. The van der Waals surface area contributed by atoms with E-state index in [2.05, 4.69) is 30.9 Å². The SMILES string of the molecule is CCOC(=O)C1=C(c2ccccc2)N=c2s/c(=C\c3ccc(N(CC)CC)cc3)c(=O)n2[C@@H]1c1cccc(OC)c1. The van der Waals surface area contributed by atoms with Crippen molar-refractivity contribution in [3.63, 3.8) is 0 Å². The minimum atomic E-state index is -0.747. The molecule has 1 aliphatic rings. The molecule has 3 aromatic carbocycles. The van der Waals surface area contributed by atoms with Crippen LogP contribution in [0.5, 0.6) is 5.75 Å². The van der Waals surface area contributed by atoms with Crippen molar-refractivity contribution in [1.29, 1.82) is 0 Å². The first-order valence-electron chi connectivity index (χ1n) is 13.8. The van der Waals surface area contributed by atoms with E-state index in [1.165, 1.54) is 11.3 Å². The smallest absolute Gasteiger partial charge is 0.338 e. The third-order valence-corrected chi connectivity index (χ3v) is 8.09. The number of carbonyl (C=O) groups excluding carboxylic acids is 1. The van der Waals surface area contributed by atoms with Crippen LogP contribution in [0.15, 0.2) is 94.2 Å². The first-order valence-corrected chi connectivity index (χ1v) is 14.6. The van der Waals surface area contributed by atoms with Crippen LogP contribution in [-0.2, 0) is 9.53 Å². The van der Waals surface area contributed by atoms with Crippen LogP contribution < -0.4 is 24.5 Å². The number of nitrogens with zero attached hydrogens (tertiary/aromatic N) is 3. The number of carbonyl (C=O) groups is 1. The van der Waals surface area contributed by atoms with E-state index >= 15 is 0 Å². The van der Waals surface area contributed by atoms with E-state index in [9.17, 15) is 9.59 Å². The zero-order valence-electron chi connectivity index (χ0n) is 23.7. The Morgan fingerprint density at radius 2 is 1.73 bits per heavy atom. The monoisotopic (exact) mass is 567 g/mol. The van der Waals surface area contributed by atoms with E-state index in [-0.39, 0.29) is 12.2 Å². The number of rotatable bonds is 9. The molecule has 0 bridgehead atoms. The van der Waals surface area contributed by atoms with Gasteiger partial charge in [-0.3, -0.25) is 9.36 Å². The number of benzene rings is 3. The highest BCUT2D eigenvalue weighted by Crippen LogP contribution is 2.36. The Kier molecular flexibility index (Phi) is 8.50. The fourth-order valence-electron chi connectivity index (χ4n) is 5.09. The van der Waals surface area contributed by atoms with Crippen LogP contribution in [0, 0.1) is 0 Å². The van der Waals surface area contributed by atoms with E-state index in [4.69, 9.17) is 14.5 Å². The third kappa shape index (κ3) is 5.60. The van der Waals surface area contributed by atoms with E-state index in [0.717, 1.165) is 35.5 Å². The standard InChI is InChI=1S/C33H33N3O4S/c1-5-35(6-2)25-18-16-22(17-19-25)20-27-31(37)36-30(24-14-11-15-26(21-24)39-4)28(32(38)40-7-3)29(34-33(36)41-27)23-12-9-8-10-13-23/h8-21,30H,5-7H2,1-4H3/b27-20-/t30-/m1/s1. The molecule has 0 radical (unpaired) electrons. The molecule has 0 fully saturated rings. The molecular weight excluding hydrogens is 534 g/mol. The zero-order chi connectivity index (χ0) is 28.9. The maximum Gasteiger partial charge on any atom is 0.338 e. The number of methoxy groups -OCH3 is 1. The number of ether oxygens (including phenoxy) is 2. The molecule has 2 heterocycles. The summed E-state index contributed by atoms with van der Waals surface area (Å²) in [6.45, 7) is 8.07. The van der Waals surface area contributed by atoms with Crippen LogP contribution in [0.4, 0.5) is 5.69 Å². The van der Waals surface area contributed by atoms with Crippen molar-refractivity contribution in [3.8, 4) is 5.75 Å². The molecule has 0 aliphatic carbocycles. The van der Waals surface area contributed by atoms with Gasteiger partial charge in [-0.05, 0) is 62.2 Å². The van der Waals surface area contributed by atoms with Crippen molar-refractivity contribution in [2.75, 3.05) is 31.7 Å². The fourth-order valence-corrected chi connectivity index (χ4v) is 6.09. The number of aromatic nitrogens is 1. The molecule has 0 unspecified atom stereocenters. The summed E-state index contributed by atoms with van der Waals surface area (Å²) in [5, 5.41) is 0. The second kappa shape index (κ2) is 12.4. The van der Waals surface area contributed by atoms with Crippen LogP contribution in [-0.4, -0.2) is 37.3 Å². The third-order valence-electron chi connectivity index (χ3n) is 7.10. The van der Waals surface area contributed by atoms with Crippen LogP contribution in [0.1, 0.15) is 43.5 Å². The lowest BCUT2D eigenvalue weighted by molar-refractivity contribution is -0.138. The van der Waals surface area contributed by atoms with Gasteiger partial charge in [0.2, 0.25) is 0 Å². The highest BCUT2D eigenvalue weighted by Gasteiger charge is 2.35. The Balaban J connectivity index is 1.75. The first kappa shape index (κ1) is 28.1. The van der Waals surface area contributed by atoms with Gasteiger partial charge in [0.15, 0.2) is 4.80 Å². The summed E-state index contributed by atoms with van der Waals surface area (Å²) in [4.78, 5) is 35.3. The topological polar surface area (TPSA) is 73.1 Å². The van der Waals surface area contributed by atoms with Crippen molar-refractivity contribution in [2.24, 2.45) is 4.99 Å². The zero-order valence-corrected chi connectivity index (χ0v) is 24.5. The molecule has 1 atom stereocenters. The van der Waals surface area contributed by atoms with Gasteiger partial charge >= 0.3 is 5.97 Å². The lowest BCUT2D eigenvalue weighted by Crippen LogP contribution is -2.40. The van der Waals surface area contributed by atoms with Gasteiger partial charge in [0.1, 0.15) is 5.75 Å². The molecule has 0 N–H and O–H groups in total. The summed E-state index contributed by atoms with van der Waals surface area (Å²) in [5.41, 5.74) is 4.14. The van der Waals surface area contributed by atoms with Crippen LogP contribution in [0.25, 0.3) is 11.8 Å². The molecule has 4 aromatic rings. The van der Waals surface area contributed by atoms with Crippen molar-refractivity contribution in [2.45, 2.75) is 26.8 Å². The van der Waals surface area contributed by atoms with Gasteiger partial charge in [0.05, 0.1) is 35.6 Å². The Morgan fingerprint density at radius 3 is 2.39 bits per heavy atom. The summed E-state index contributed by atoms with van der Waals surface area (Å²) in [6.07, 6.45) is 1.88. The molecule has 5 rings (SSSR count). The summed E-state index contributed by atoms with van der Waals surface area (Å²) >= 11 is 1.31. The van der Waals surface area contributed by atoms with E-state index in [1.807, 2.05) is 72.8 Å². The van der Waals surface area contributed by atoms with Crippen molar-refractivity contribution in [1.82, 2.24) is 4.57 Å². The minimum Gasteiger partial charge on any atom is -0.497 e. The maximum absolute atomic E-state index is 14.1. The molecule has 7 nitrogen and oxygen atoms in total. The quantitative estimate of drug-likeness (QED) is 0.272. The molecule has 0 amide bonds. The molecule has 1 aliphatic heterocycles. The van der Waals surface area contributed by atoms with Crippen LogP contribution in [0.3, 0.4) is 0 Å². The maximum atomic E-state index is 14.1. The number of fused-ring (bicyclic) bond motifs is 1. The Bertz CT molecular complexity index is 1750. The van der Waals surface area contributed by atoms with Gasteiger partial charge in [-0.25, -0.2) is 9.79 Å². The number of hydrogen-bond donors (Lipinski definition) is 0. The molecular formula is C33H33N3O4S. The first-order chi connectivity index (χ1) is 20.0. The fraction of sp³-hybridized carbons (Fsp3) is 0.242. The Morgan fingerprint density at radius 1 is 1.00 bits per heavy atom.